The molecule has 0 heterocycles. The molecule has 0 radical (unpaired) electrons. The fraction of sp³-hybridized carbons (Fsp3) is 0.826. The third-order valence-electron chi connectivity index (χ3n) is 8.92. The van der Waals surface area contributed by atoms with Crippen LogP contribution >= 0.6 is 22.6 Å². The van der Waals surface area contributed by atoms with Crippen LogP contribution in [-0.4, -0.2) is 34.0 Å². The molecular formula is C23H33IO4. The van der Waals surface area contributed by atoms with Crippen molar-refractivity contribution in [2.75, 3.05) is 11.0 Å². The maximum Gasteiger partial charge on any atom is 0.302 e. The van der Waals surface area contributed by atoms with Crippen LogP contribution in [0, 0.1) is 34.5 Å². The van der Waals surface area contributed by atoms with Gasteiger partial charge in [0.2, 0.25) is 0 Å². The summed E-state index contributed by atoms with van der Waals surface area (Å²) in [6, 6.07) is 0. The highest BCUT2D eigenvalue weighted by Gasteiger charge is 2.61. The predicted molar refractivity (Wildman–Crippen MR) is 116 cm³/mol. The monoisotopic (exact) mass is 500 g/mol. The van der Waals surface area contributed by atoms with Gasteiger partial charge < -0.3 is 9.84 Å². The highest BCUT2D eigenvalue weighted by atomic mass is 127. The second kappa shape index (κ2) is 7.68. The Balaban J connectivity index is 1.58. The van der Waals surface area contributed by atoms with Crippen LogP contribution in [0.3, 0.4) is 0 Å². The summed E-state index contributed by atoms with van der Waals surface area (Å²) in [5, 5.41) is 10.9. The summed E-state index contributed by atoms with van der Waals surface area (Å²) >= 11 is 2.54. The Morgan fingerprint density at radius 1 is 1.25 bits per heavy atom. The van der Waals surface area contributed by atoms with Gasteiger partial charge in [-0.25, -0.2) is 0 Å². The molecule has 28 heavy (non-hydrogen) atoms. The number of fused-ring (bicyclic) bond motifs is 5. The largest absolute Gasteiger partial charge is 0.463 e. The molecule has 0 aliphatic heterocycles. The summed E-state index contributed by atoms with van der Waals surface area (Å²) in [4.78, 5) is 23.2. The Hall–Kier alpha value is -0.430. The van der Waals surface area contributed by atoms with Gasteiger partial charge in [-0.1, -0.05) is 35.1 Å². The second-order valence-electron chi connectivity index (χ2n) is 9.93. The van der Waals surface area contributed by atoms with E-state index in [0.29, 0.717) is 30.0 Å². The molecule has 4 aliphatic carbocycles. The zero-order valence-corrected chi connectivity index (χ0v) is 19.2. The Morgan fingerprint density at radius 2 is 2.04 bits per heavy atom. The lowest BCUT2D eigenvalue weighted by atomic mass is 9.46. The SMILES string of the molecule is CC(=O)OC[C@@H](O)[C@H]1CCC2C3CCC4=CC(=O)CC[C@]4(C)C3CC[C@@]21CI. The number of aliphatic hydroxyl groups excluding tert-OH is 1. The second-order valence-corrected chi connectivity index (χ2v) is 10.7. The molecule has 3 saturated carbocycles. The third kappa shape index (κ3) is 3.19. The third-order valence-corrected chi connectivity index (χ3v) is 10.3. The Morgan fingerprint density at radius 3 is 2.75 bits per heavy atom. The van der Waals surface area contributed by atoms with Gasteiger partial charge in [0, 0.05) is 17.8 Å². The van der Waals surface area contributed by atoms with Crippen molar-refractivity contribution in [2.24, 2.45) is 34.5 Å². The van der Waals surface area contributed by atoms with Crippen LogP contribution < -0.4 is 0 Å². The first-order valence-corrected chi connectivity index (χ1v) is 12.5. The average molecular weight is 500 g/mol. The average Bonchev–Trinajstić information content (AvgIpc) is 3.07. The maximum atomic E-state index is 12.0. The molecule has 3 fully saturated rings. The van der Waals surface area contributed by atoms with Crippen LogP contribution in [0.25, 0.3) is 0 Å². The molecule has 0 aromatic heterocycles. The zero-order chi connectivity index (χ0) is 20.1. The molecule has 4 rings (SSSR count). The summed E-state index contributed by atoms with van der Waals surface area (Å²) in [7, 11) is 0. The van der Waals surface area contributed by atoms with Crippen molar-refractivity contribution >= 4 is 34.3 Å². The van der Waals surface area contributed by atoms with Gasteiger partial charge in [0.25, 0.3) is 0 Å². The van der Waals surface area contributed by atoms with Gasteiger partial charge in [0.05, 0.1) is 6.10 Å². The molecule has 1 N–H and O–H groups in total. The molecule has 4 nitrogen and oxygen atoms in total. The number of esters is 1. The predicted octanol–water partition coefficient (Wildman–Crippen LogP) is 4.47. The molecule has 7 atom stereocenters. The van der Waals surface area contributed by atoms with Crippen molar-refractivity contribution in [3.05, 3.63) is 11.6 Å². The number of alkyl halides is 1. The summed E-state index contributed by atoms with van der Waals surface area (Å²) < 4.78 is 6.23. The van der Waals surface area contributed by atoms with Gasteiger partial charge in [-0.2, -0.15) is 0 Å². The van der Waals surface area contributed by atoms with Crippen molar-refractivity contribution in [1.82, 2.24) is 0 Å². The molecule has 5 heteroatoms. The first-order chi connectivity index (χ1) is 13.3. The molecular weight excluding hydrogens is 467 g/mol. The smallest absolute Gasteiger partial charge is 0.302 e. The van der Waals surface area contributed by atoms with E-state index in [2.05, 4.69) is 29.5 Å². The van der Waals surface area contributed by atoms with Gasteiger partial charge in [0.15, 0.2) is 5.78 Å². The highest BCUT2D eigenvalue weighted by Crippen LogP contribution is 2.67. The normalized spacial score (nSPS) is 43.4. The van der Waals surface area contributed by atoms with Gasteiger partial charge in [-0.15, -0.1) is 0 Å². The summed E-state index contributed by atoms with van der Waals surface area (Å²) in [6.45, 7) is 3.96. The van der Waals surface area contributed by atoms with Crippen LogP contribution in [-0.2, 0) is 14.3 Å². The van der Waals surface area contributed by atoms with Crippen LogP contribution in [0.2, 0.25) is 0 Å². The number of hydrogen-bond acceptors (Lipinski definition) is 4. The Kier molecular flexibility index (Phi) is 5.71. The van der Waals surface area contributed by atoms with E-state index in [0.717, 1.165) is 30.1 Å². The molecule has 0 aromatic carbocycles. The zero-order valence-electron chi connectivity index (χ0n) is 17.1. The van der Waals surface area contributed by atoms with Gasteiger partial charge in [-0.3, -0.25) is 9.59 Å². The summed E-state index contributed by atoms with van der Waals surface area (Å²) in [5.74, 6) is 2.25. The summed E-state index contributed by atoms with van der Waals surface area (Å²) in [6.07, 6.45) is 9.96. The molecule has 0 saturated heterocycles. The van der Waals surface area contributed by atoms with E-state index < -0.39 is 6.10 Å². The van der Waals surface area contributed by atoms with Crippen LogP contribution in [0.4, 0.5) is 0 Å². The van der Waals surface area contributed by atoms with Crippen LogP contribution in [0.5, 0.6) is 0 Å². The van der Waals surface area contributed by atoms with Crippen LogP contribution in [0.15, 0.2) is 11.6 Å². The number of allylic oxidation sites excluding steroid dienone is 1. The van der Waals surface area contributed by atoms with Gasteiger partial charge in [-0.05, 0) is 85.5 Å². The fourth-order valence-corrected chi connectivity index (χ4v) is 9.08. The Labute approximate surface area is 182 Å². The van der Waals surface area contributed by atoms with E-state index in [4.69, 9.17) is 4.74 Å². The molecule has 3 unspecified atom stereocenters. The first-order valence-electron chi connectivity index (χ1n) is 10.9. The number of carbonyl (C=O) groups excluding carboxylic acids is 2. The van der Waals surface area contributed by atoms with Crippen LogP contribution in [0.1, 0.15) is 65.2 Å². The number of aliphatic hydroxyl groups is 1. The van der Waals surface area contributed by atoms with Crippen molar-refractivity contribution < 1.29 is 19.4 Å². The fourth-order valence-electron chi connectivity index (χ4n) is 7.57. The van der Waals surface area contributed by atoms with E-state index >= 15 is 0 Å². The highest BCUT2D eigenvalue weighted by molar-refractivity contribution is 14.1. The molecule has 156 valence electrons. The van der Waals surface area contributed by atoms with E-state index in [1.807, 2.05) is 6.08 Å². The lowest BCUT2D eigenvalue weighted by molar-refractivity contribution is -0.147. The minimum absolute atomic E-state index is 0.131. The lowest BCUT2D eigenvalue weighted by Crippen LogP contribution is -2.53. The number of ether oxygens (including phenoxy) is 1. The van der Waals surface area contributed by atoms with E-state index in [1.54, 1.807) is 0 Å². The molecule has 4 aliphatic rings. The number of hydrogen-bond donors (Lipinski definition) is 1. The molecule has 0 spiro atoms. The number of halogens is 1. The van der Waals surface area contributed by atoms with Gasteiger partial charge >= 0.3 is 5.97 Å². The minimum Gasteiger partial charge on any atom is -0.463 e. The standard InChI is InChI=1S/C23H33IO4/c1-14(25)28-12-21(27)20-6-5-19-17-4-3-15-11-16(26)7-9-22(15,2)18(17)8-10-23(19,20)13-24/h11,17-21,27H,3-10,12-13H2,1-2H3/t17?,18?,19?,20-,21-,22+,23-/m1/s1. The number of ketones is 1. The molecule has 0 amide bonds. The number of carbonyl (C=O) groups is 2. The van der Waals surface area contributed by atoms with E-state index in [9.17, 15) is 14.7 Å². The first kappa shape index (κ1) is 20.8. The maximum absolute atomic E-state index is 12.0. The quantitative estimate of drug-likeness (QED) is 0.352. The Bertz CT molecular complexity index is 688. The van der Waals surface area contributed by atoms with Crippen molar-refractivity contribution in [3.63, 3.8) is 0 Å². The minimum atomic E-state index is -0.554. The number of rotatable bonds is 4. The van der Waals surface area contributed by atoms with Crippen molar-refractivity contribution in [2.45, 2.75) is 71.3 Å². The van der Waals surface area contributed by atoms with Gasteiger partial charge in [0.1, 0.15) is 6.61 Å². The topological polar surface area (TPSA) is 63.6 Å². The lowest BCUT2D eigenvalue weighted by Gasteiger charge is -2.59. The van der Waals surface area contributed by atoms with E-state index in [-0.39, 0.29) is 29.3 Å². The van der Waals surface area contributed by atoms with Crippen molar-refractivity contribution in [1.29, 1.82) is 0 Å². The van der Waals surface area contributed by atoms with E-state index in [1.165, 1.54) is 31.8 Å². The van der Waals surface area contributed by atoms with Crippen molar-refractivity contribution in [3.8, 4) is 0 Å². The molecule has 0 bridgehead atoms. The molecule has 0 aromatic rings. The summed E-state index contributed by atoms with van der Waals surface area (Å²) in [5.41, 5.74) is 1.78.